The first kappa shape index (κ1) is 15.1. The van der Waals surface area contributed by atoms with Crippen LogP contribution in [0, 0.1) is 0 Å². The fourth-order valence-electron chi connectivity index (χ4n) is 3.15. The highest BCUT2D eigenvalue weighted by atomic mass is 79.9. The quantitative estimate of drug-likeness (QED) is 0.796. The normalized spacial score (nSPS) is 15.0. The van der Waals surface area contributed by atoms with Gasteiger partial charge in [-0.25, -0.2) is 0 Å². The van der Waals surface area contributed by atoms with Crippen molar-refractivity contribution < 1.29 is 0 Å². The van der Waals surface area contributed by atoms with E-state index >= 15 is 0 Å². The Kier molecular flexibility index (Phi) is 4.68. The average Bonchev–Trinajstić information content (AvgIpc) is 2.91. The van der Waals surface area contributed by atoms with Crippen LogP contribution in [0.15, 0.2) is 40.9 Å². The summed E-state index contributed by atoms with van der Waals surface area (Å²) in [5, 5.41) is 4.18. The Balaban J connectivity index is 1.84. The molecule has 0 amide bonds. The summed E-state index contributed by atoms with van der Waals surface area (Å²) in [6.45, 7) is 0. The summed E-state index contributed by atoms with van der Waals surface area (Å²) in [5.41, 5.74) is 5.68. The zero-order valence-electron chi connectivity index (χ0n) is 12.1. The molecular weight excluding hydrogens is 346 g/mol. The summed E-state index contributed by atoms with van der Waals surface area (Å²) in [7, 11) is 2.01. The van der Waals surface area contributed by atoms with Crippen LogP contribution in [0.4, 0.5) is 0 Å². The molecule has 0 spiro atoms. The highest BCUT2D eigenvalue weighted by molar-refractivity contribution is 9.10. The average molecular weight is 365 g/mol. The van der Waals surface area contributed by atoms with Gasteiger partial charge in [0.25, 0.3) is 0 Å². The van der Waals surface area contributed by atoms with Crippen LogP contribution in [0.5, 0.6) is 0 Å². The molecule has 3 rings (SSSR count). The number of aryl methyl sites for hydroxylation is 2. The van der Waals surface area contributed by atoms with E-state index in [-0.39, 0.29) is 6.04 Å². The third-order valence-electron chi connectivity index (χ3n) is 4.24. The predicted molar refractivity (Wildman–Crippen MR) is 93.1 cm³/mol. The highest BCUT2D eigenvalue weighted by Gasteiger charge is 2.15. The summed E-state index contributed by atoms with van der Waals surface area (Å²) in [6.07, 6.45) is 4.76. The second-order valence-corrected chi connectivity index (χ2v) is 7.06. The molecule has 1 N–H and O–H groups in total. The van der Waals surface area contributed by atoms with E-state index in [0.717, 1.165) is 15.9 Å². The predicted octanol–water partition coefficient (Wildman–Crippen LogP) is 5.09. The smallest absolute Gasteiger partial charge is 0.0420 e. The Morgan fingerprint density at radius 2 is 1.95 bits per heavy atom. The second-order valence-electron chi connectivity index (χ2n) is 5.70. The largest absolute Gasteiger partial charge is 0.313 e. The van der Waals surface area contributed by atoms with E-state index in [2.05, 4.69) is 45.5 Å². The number of halogens is 2. The lowest BCUT2D eigenvalue weighted by molar-refractivity contribution is 0.591. The molecule has 1 atom stereocenters. The Hall–Kier alpha value is -0.830. The summed E-state index contributed by atoms with van der Waals surface area (Å²) < 4.78 is 1.03. The Labute approximate surface area is 139 Å². The zero-order chi connectivity index (χ0) is 14.8. The van der Waals surface area contributed by atoms with Crippen molar-refractivity contribution in [3.05, 3.63) is 68.1 Å². The van der Waals surface area contributed by atoms with Gasteiger partial charge in [0.2, 0.25) is 0 Å². The van der Waals surface area contributed by atoms with Crippen LogP contribution in [-0.4, -0.2) is 7.05 Å². The summed E-state index contributed by atoms with van der Waals surface area (Å²) >= 11 is 9.70. The first-order valence-corrected chi connectivity index (χ1v) is 8.57. The van der Waals surface area contributed by atoms with Crippen LogP contribution in [-0.2, 0) is 19.3 Å². The van der Waals surface area contributed by atoms with Crippen LogP contribution in [0.25, 0.3) is 0 Å². The van der Waals surface area contributed by atoms with Crippen LogP contribution in [0.1, 0.15) is 34.7 Å². The maximum Gasteiger partial charge on any atom is 0.0420 e. The molecule has 0 fully saturated rings. The maximum atomic E-state index is 6.17. The fourth-order valence-corrected chi connectivity index (χ4v) is 4.04. The van der Waals surface area contributed by atoms with Crippen molar-refractivity contribution in [2.75, 3.05) is 7.05 Å². The molecule has 3 heteroatoms. The van der Waals surface area contributed by atoms with Crippen molar-refractivity contribution in [1.29, 1.82) is 0 Å². The van der Waals surface area contributed by atoms with Crippen molar-refractivity contribution >= 4 is 27.5 Å². The molecule has 1 aliphatic carbocycles. The molecule has 110 valence electrons. The van der Waals surface area contributed by atoms with Crippen molar-refractivity contribution in [3.63, 3.8) is 0 Å². The van der Waals surface area contributed by atoms with Gasteiger partial charge in [-0.15, -0.1) is 0 Å². The summed E-state index contributed by atoms with van der Waals surface area (Å²) in [4.78, 5) is 0. The zero-order valence-corrected chi connectivity index (χ0v) is 14.5. The summed E-state index contributed by atoms with van der Waals surface area (Å²) in [6, 6.07) is 13.3. The van der Waals surface area contributed by atoms with Gasteiger partial charge in [-0.2, -0.15) is 0 Å². The van der Waals surface area contributed by atoms with Crippen molar-refractivity contribution in [2.24, 2.45) is 0 Å². The van der Waals surface area contributed by atoms with Gasteiger partial charge < -0.3 is 5.32 Å². The summed E-state index contributed by atoms with van der Waals surface area (Å²) in [5.74, 6) is 0. The highest BCUT2D eigenvalue weighted by Crippen LogP contribution is 2.28. The van der Waals surface area contributed by atoms with Gasteiger partial charge in [-0.1, -0.05) is 45.7 Å². The molecule has 0 radical (unpaired) electrons. The van der Waals surface area contributed by atoms with Gasteiger partial charge in [0, 0.05) is 15.5 Å². The maximum absolute atomic E-state index is 6.17. The topological polar surface area (TPSA) is 12.0 Å². The van der Waals surface area contributed by atoms with Crippen LogP contribution in [0.2, 0.25) is 5.02 Å². The molecule has 0 saturated heterocycles. The van der Waals surface area contributed by atoms with E-state index in [9.17, 15) is 0 Å². The third kappa shape index (κ3) is 3.50. The van der Waals surface area contributed by atoms with Crippen molar-refractivity contribution in [2.45, 2.75) is 31.7 Å². The van der Waals surface area contributed by atoms with Gasteiger partial charge >= 0.3 is 0 Å². The van der Waals surface area contributed by atoms with E-state index < -0.39 is 0 Å². The number of fused-ring (bicyclic) bond motifs is 1. The Bertz CT molecular complexity index is 633. The minimum Gasteiger partial charge on any atom is -0.313 e. The Morgan fingerprint density at radius 3 is 2.71 bits per heavy atom. The van der Waals surface area contributed by atoms with Gasteiger partial charge in [-0.3, -0.25) is 0 Å². The van der Waals surface area contributed by atoms with E-state index in [0.29, 0.717) is 0 Å². The molecule has 0 bridgehead atoms. The fraction of sp³-hybridized carbons (Fsp3) is 0.333. The number of rotatable bonds is 4. The SMILES string of the molecule is CNC(Cc1ccc2c(c1)CCC2)c1cc(Cl)cc(Br)c1. The van der Waals surface area contributed by atoms with E-state index in [4.69, 9.17) is 11.6 Å². The minimum atomic E-state index is 0.277. The van der Waals surface area contributed by atoms with Gasteiger partial charge in [-0.05, 0) is 73.2 Å². The van der Waals surface area contributed by atoms with E-state index in [1.807, 2.05) is 19.2 Å². The molecular formula is C18H19BrClN. The monoisotopic (exact) mass is 363 g/mol. The first-order valence-electron chi connectivity index (χ1n) is 7.39. The lowest BCUT2D eigenvalue weighted by Gasteiger charge is -2.18. The standard InChI is InChI=1S/C18H19BrClN/c1-21-18(15-9-16(19)11-17(20)10-15)8-12-5-6-13-3-2-4-14(13)7-12/h5-7,9-11,18,21H,2-4,8H2,1H3. The van der Waals surface area contributed by atoms with E-state index in [1.54, 1.807) is 0 Å². The van der Waals surface area contributed by atoms with Crippen LogP contribution in [0.3, 0.4) is 0 Å². The lowest BCUT2D eigenvalue weighted by atomic mass is 9.96. The van der Waals surface area contributed by atoms with Gasteiger partial charge in [0.05, 0.1) is 0 Å². The number of likely N-dealkylation sites (N-methyl/N-ethyl adjacent to an activating group) is 1. The molecule has 0 aromatic heterocycles. The van der Waals surface area contributed by atoms with Crippen molar-refractivity contribution in [1.82, 2.24) is 5.32 Å². The van der Waals surface area contributed by atoms with Gasteiger partial charge in [0.1, 0.15) is 0 Å². The lowest BCUT2D eigenvalue weighted by Crippen LogP contribution is -2.19. The molecule has 2 aromatic rings. The first-order chi connectivity index (χ1) is 10.2. The minimum absolute atomic E-state index is 0.277. The third-order valence-corrected chi connectivity index (χ3v) is 4.91. The number of benzene rings is 2. The second kappa shape index (κ2) is 6.51. The molecule has 21 heavy (non-hydrogen) atoms. The molecule has 0 aliphatic heterocycles. The molecule has 1 nitrogen and oxygen atoms in total. The molecule has 1 unspecified atom stereocenters. The molecule has 2 aromatic carbocycles. The number of hydrogen-bond acceptors (Lipinski definition) is 1. The van der Waals surface area contributed by atoms with Crippen molar-refractivity contribution in [3.8, 4) is 0 Å². The molecule has 0 saturated carbocycles. The van der Waals surface area contributed by atoms with Gasteiger partial charge in [0.15, 0.2) is 0 Å². The number of hydrogen-bond donors (Lipinski definition) is 1. The Morgan fingerprint density at radius 1 is 1.14 bits per heavy atom. The van der Waals surface area contributed by atoms with E-state index in [1.165, 1.54) is 41.5 Å². The number of nitrogens with one attached hydrogen (secondary N) is 1. The molecule has 0 heterocycles. The van der Waals surface area contributed by atoms with Crippen LogP contribution >= 0.6 is 27.5 Å². The molecule has 1 aliphatic rings. The van der Waals surface area contributed by atoms with Crippen LogP contribution < -0.4 is 5.32 Å².